The van der Waals surface area contributed by atoms with Crippen LogP contribution in [0.1, 0.15) is 55.5 Å². The normalized spacial score (nSPS) is 21.4. The summed E-state index contributed by atoms with van der Waals surface area (Å²) in [5.41, 5.74) is 1.53. The fourth-order valence-electron chi connectivity index (χ4n) is 2.79. The van der Waals surface area contributed by atoms with Gasteiger partial charge < -0.3 is 5.32 Å². The summed E-state index contributed by atoms with van der Waals surface area (Å²) in [6, 6.07) is 9.10. The summed E-state index contributed by atoms with van der Waals surface area (Å²) in [5.74, 6) is -0.0350. The van der Waals surface area contributed by atoms with E-state index in [2.05, 4.69) is 25.2 Å². The SMILES string of the molecule is CC1(C)CCCC(NC(=O)c2ccc(C#N)cc2)C1. The molecule has 19 heavy (non-hydrogen) atoms. The quantitative estimate of drug-likeness (QED) is 0.883. The molecule has 0 bridgehead atoms. The molecule has 1 saturated carbocycles. The van der Waals surface area contributed by atoms with Gasteiger partial charge in [-0.2, -0.15) is 5.26 Å². The molecule has 0 aliphatic heterocycles. The summed E-state index contributed by atoms with van der Waals surface area (Å²) in [6.07, 6.45) is 4.50. The Morgan fingerprint density at radius 3 is 2.63 bits per heavy atom. The summed E-state index contributed by atoms with van der Waals surface area (Å²) in [5, 5.41) is 11.8. The zero-order valence-electron chi connectivity index (χ0n) is 11.6. The van der Waals surface area contributed by atoms with Crippen molar-refractivity contribution in [2.75, 3.05) is 0 Å². The van der Waals surface area contributed by atoms with E-state index in [9.17, 15) is 4.79 Å². The van der Waals surface area contributed by atoms with Crippen molar-refractivity contribution in [2.24, 2.45) is 5.41 Å². The van der Waals surface area contributed by atoms with Gasteiger partial charge in [0.25, 0.3) is 5.91 Å². The van der Waals surface area contributed by atoms with Crippen LogP contribution >= 0.6 is 0 Å². The average molecular weight is 256 g/mol. The highest BCUT2D eigenvalue weighted by atomic mass is 16.1. The Hall–Kier alpha value is -1.82. The molecule has 1 aromatic rings. The Morgan fingerprint density at radius 2 is 2.05 bits per heavy atom. The maximum atomic E-state index is 12.1. The van der Waals surface area contributed by atoms with Gasteiger partial charge in [-0.05, 0) is 48.9 Å². The lowest BCUT2D eigenvalue weighted by Gasteiger charge is -2.35. The van der Waals surface area contributed by atoms with E-state index in [-0.39, 0.29) is 11.9 Å². The molecule has 3 heteroatoms. The van der Waals surface area contributed by atoms with E-state index in [0.717, 1.165) is 12.8 Å². The van der Waals surface area contributed by atoms with Gasteiger partial charge in [-0.15, -0.1) is 0 Å². The Morgan fingerprint density at radius 1 is 1.37 bits per heavy atom. The van der Waals surface area contributed by atoms with Crippen LogP contribution in [0.2, 0.25) is 0 Å². The number of nitriles is 1. The molecule has 1 aromatic carbocycles. The van der Waals surface area contributed by atoms with Crippen molar-refractivity contribution in [3.05, 3.63) is 35.4 Å². The van der Waals surface area contributed by atoms with Crippen LogP contribution in [0.4, 0.5) is 0 Å². The molecule has 0 aromatic heterocycles. The van der Waals surface area contributed by atoms with Crippen molar-refractivity contribution in [3.63, 3.8) is 0 Å². The molecular formula is C16H20N2O. The lowest BCUT2D eigenvalue weighted by Crippen LogP contribution is -2.40. The number of amides is 1. The smallest absolute Gasteiger partial charge is 0.251 e. The molecule has 1 atom stereocenters. The highest BCUT2D eigenvalue weighted by Gasteiger charge is 2.28. The van der Waals surface area contributed by atoms with E-state index >= 15 is 0 Å². The maximum Gasteiger partial charge on any atom is 0.251 e. The predicted molar refractivity (Wildman–Crippen MR) is 74.7 cm³/mol. The van der Waals surface area contributed by atoms with Gasteiger partial charge in [-0.1, -0.05) is 20.3 Å². The molecule has 1 N–H and O–H groups in total. The summed E-state index contributed by atoms with van der Waals surface area (Å²) in [4.78, 5) is 12.1. The zero-order valence-corrected chi connectivity index (χ0v) is 11.6. The first-order valence-electron chi connectivity index (χ1n) is 6.81. The molecule has 1 fully saturated rings. The largest absolute Gasteiger partial charge is 0.349 e. The third-order valence-electron chi connectivity index (χ3n) is 3.82. The van der Waals surface area contributed by atoms with E-state index < -0.39 is 0 Å². The first-order chi connectivity index (χ1) is 9.00. The summed E-state index contributed by atoms with van der Waals surface area (Å²) < 4.78 is 0. The Kier molecular flexibility index (Phi) is 3.90. The van der Waals surface area contributed by atoms with E-state index in [1.807, 2.05) is 0 Å². The van der Waals surface area contributed by atoms with Crippen LogP contribution in [0.3, 0.4) is 0 Å². The van der Waals surface area contributed by atoms with Gasteiger partial charge >= 0.3 is 0 Å². The van der Waals surface area contributed by atoms with Gasteiger partial charge in [-0.3, -0.25) is 4.79 Å². The topological polar surface area (TPSA) is 52.9 Å². The maximum absolute atomic E-state index is 12.1. The van der Waals surface area contributed by atoms with Crippen molar-refractivity contribution in [3.8, 4) is 6.07 Å². The Balaban J connectivity index is 1.98. The van der Waals surface area contributed by atoms with E-state index in [1.165, 1.54) is 12.8 Å². The minimum absolute atomic E-state index is 0.0350. The predicted octanol–water partition coefficient (Wildman–Crippen LogP) is 3.26. The number of hydrogen-bond acceptors (Lipinski definition) is 2. The highest BCUT2D eigenvalue weighted by Crippen LogP contribution is 2.35. The van der Waals surface area contributed by atoms with Crippen LogP contribution in [-0.4, -0.2) is 11.9 Å². The lowest BCUT2D eigenvalue weighted by molar-refractivity contribution is 0.0902. The van der Waals surface area contributed by atoms with E-state index in [0.29, 0.717) is 16.5 Å². The fourth-order valence-corrected chi connectivity index (χ4v) is 2.79. The van der Waals surface area contributed by atoms with Crippen molar-refractivity contribution < 1.29 is 4.79 Å². The second-order valence-corrected chi connectivity index (χ2v) is 6.12. The second-order valence-electron chi connectivity index (χ2n) is 6.12. The minimum Gasteiger partial charge on any atom is -0.349 e. The molecule has 1 unspecified atom stereocenters. The molecule has 1 amide bonds. The molecule has 1 aliphatic carbocycles. The number of hydrogen-bond donors (Lipinski definition) is 1. The number of nitrogens with one attached hydrogen (secondary N) is 1. The van der Waals surface area contributed by atoms with Crippen LogP contribution in [-0.2, 0) is 0 Å². The highest BCUT2D eigenvalue weighted by molar-refractivity contribution is 5.94. The molecular weight excluding hydrogens is 236 g/mol. The van der Waals surface area contributed by atoms with Gasteiger partial charge in [0, 0.05) is 11.6 Å². The second kappa shape index (κ2) is 5.44. The minimum atomic E-state index is -0.0350. The fraction of sp³-hybridized carbons (Fsp3) is 0.500. The van der Waals surface area contributed by atoms with Crippen molar-refractivity contribution >= 4 is 5.91 Å². The molecule has 0 radical (unpaired) electrons. The summed E-state index contributed by atoms with van der Waals surface area (Å²) in [7, 11) is 0. The molecule has 2 rings (SSSR count). The molecule has 0 saturated heterocycles. The van der Waals surface area contributed by atoms with Crippen molar-refractivity contribution in [1.82, 2.24) is 5.32 Å². The number of carbonyl (C=O) groups excluding carboxylic acids is 1. The van der Waals surface area contributed by atoms with Crippen molar-refractivity contribution in [2.45, 2.75) is 45.6 Å². The van der Waals surface area contributed by atoms with E-state index in [4.69, 9.17) is 5.26 Å². The first-order valence-corrected chi connectivity index (χ1v) is 6.81. The standard InChI is InChI=1S/C16H20N2O/c1-16(2)9-3-4-14(10-16)18-15(19)13-7-5-12(11-17)6-8-13/h5-8,14H,3-4,9-10H2,1-2H3,(H,18,19). The third-order valence-corrected chi connectivity index (χ3v) is 3.82. The molecule has 0 heterocycles. The molecule has 100 valence electrons. The summed E-state index contributed by atoms with van der Waals surface area (Å²) >= 11 is 0. The number of nitrogens with zero attached hydrogens (tertiary/aromatic N) is 1. The van der Waals surface area contributed by atoms with Crippen LogP contribution < -0.4 is 5.32 Å². The summed E-state index contributed by atoms with van der Waals surface area (Å²) in [6.45, 7) is 4.51. The lowest BCUT2D eigenvalue weighted by atomic mass is 9.75. The van der Waals surface area contributed by atoms with Gasteiger partial charge in [0.1, 0.15) is 0 Å². The van der Waals surface area contributed by atoms with E-state index in [1.54, 1.807) is 24.3 Å². The molecule has 0 spiro atoms. The van der Waals surface area contributed by atoms with Gasteiger partial charge in [-0.25, -0.2) is 0 Å². The van der Waals surface area contributed by atoms with Gasteiger partial charge in [0.2, 0.25) is 0 Å². The van der Waals surface area contributed by atoms with Crippen LogP contribution in [0.5, 0.6) is 0 Å². The zero-order chi connectivity index (χ0) is 13.9. The number of benzene rings is 1. The number of rotatable bonds is 2. The average Bonchev–Trinajstić information content (AvgIpc) is 2.37. The monoisotopic (exact) mass is 256 g/mol. The molecule has 1 aliphatic rings. The Labute approximate surface area is 114 Å². The third kappa shape index (κ3) is 3.57. The number of carbonyl (C=O) groups is 1. The molecule has 3 nitrogen and oxygen atoms in total. The van der Waals surface area contributed by atoms with Crippen LogP contribution in [0.15, 0.2) is 24.3 Å². The van der Waals surface area contributed by atoms with Gasteiger partial charge in [0.05, 0.1) is 11.6 Å². The van der Waals surface area contributed by atoms with Crippen LogP contribution in [0, 0.1) is 16.7 Å². The Bertz CT molecular complexity index is 496. The van der Waals surface area contributed by atoms with Crippen LogP contribution in [0.25, 0.3) is 0 Å². The van der Waals surface area contributed by atoms with Crippen molar-refractivity contribution in [1.29, 1.82) is 5.26 Å². The van der Waals surface area contributed by atoms with Gasteiger partial charge in [0.15, 0.2) is 0 Å². The first kappa shape index (κ1) is 13.6.